The van der Waals surface area contributed by atoms with E-state index >= 15 is 0 Å². The van der Waals surface area contributed by atoms with Crippen LogP contribution < -0.4 is 4.74 Å². The monoisotopic (exact) mass is 510 g/mol. The SMILES string of the molecule is CC(=O)Oc1c(-c2ccc(-c3c(O)c4ccccc4c4ccccc34)s2)c2ccccc2c2ccccc12. The first-order chi connectivity index (χ1) is 18.6. The molecule has 1 N–H and O–H groups in total. The smallest absolute Gasteiger partial charge is 0.308 e. The van der Waals surface area contributed by atoms with Gasteiger partial charge in [0.1, 0.15) is 11.5 Å². The van der Waals surface area contributed by atoms with E-state index in [1.807, 2.05) is 66.7 Å². The van der Waals surface area contributed by atoms with Gasteiger partial charge < -0.3 is 9.84 Å². The van der Waals surface area contributed by atoms with E-state index in [0.29, 0.717) is 5.75 Å². The average molecular weight is 511 g/mol. The van der Waals surface area contributed by atoms with Crippen LogP contribution in [0.1, 0.15) is 6.92 Å². The molecule has 0 unspecified atom stereocenters. The Hall–Kier alpha value is -4.67. The van der Waals surface area contributed by atoms with Crippen LogP contribution >= 0.6 is 11.3 Å². The van der Waals surface area contributed by atoms with E-state index in [1.165, 1.54) is 6.92 Å². The van der Waals surface area contributed by atoms with Crippen molar-refractivity contribution in [2.75, 3.05) is 0 Å². The van der Waals surface area contributed by atoms with Gasteiger partial charge in [0, 0.05) is 38.6 Å². The number of carbonyl (C=O) groups excluding carboxylic acids is 1. The minimum absolute atomic E-state index is 0.274. The van der Waals surface area contributed by atoms with Gasteiger partial charge in [0.05, 0.1) is 0 Å². The lowest BCUT2D eigenvalue weighted by molar-refractivity contribution is -0.131. The molecule has 0 aliphatic carbocycles. The fraction of sp³-hybridized carbons (Fsp3) is 0.0294. The number of hydrogen-bond donors (Lipinski definition) is 1. The van der Waals surface area contributed by atoms with Crippen LogP contribution in [0.15, 0.2) is 109 Å². The summed E-state index contributed by atoms with van der Waals surface area (Å²) in [7, 11) is 0. The molecule has 0 bridgehead atoms. The summed E-state index contributed by atoms with van der Waals surface area (Å²) in [6.07, 6.45) is 0. The third-order valence-electron chi connectivity index (χ3n) is 7.14. The highest BCUT2D eigenvalue weighted by Crippen LogP contribution is 2.50. The summed E-state index contributed by atoms with van der Waals surface area (Å²) in [6.45, 7) is 1.44. The van der Waals surface area contributed by atoms with Crippen molar-refractivity contribution in [3.63, 3.8) is 0 Å². The standard InChI is InChI=1S/C34H22O3S/c1-20(35)37-34-28-17-9-5-13-24(28)22-11-3-7-15-26(22)32(34)30-19-18-29(38-30)31-25-14-6-2-10-21(25)23-12-4-8-16-27(23)33(31)36/h2-19,36H,1H3. The van der Waals surface area contributed by atoms with E-state index in [-0.39, 0.29) is 11.7 Å². The molecule has 1 heterocycles. The Morgan fingerprint density at radius 1 is 0.553 bits per heavy atom. The number of phenolic OH excluding ortho intramolecular Hbond substituents is 1. The molecular formula is C34H22O3S. The minimum Gasteiger partial charge on any atom is -0.507 e. The fourth-order valence-electron chi connectivity index (χ4n) is 5.58. The van der Waals surface area contributed by atoms with Crippen molar-refractivity contribution in [2.24, 2.45) is 0 Å². The Balaban J connectivity index is 1.54. The molecule has 0 saturated carbocycles. The third kappa shape index (κ3) is 3.38. The van der Waals surface area contributed by atoms with Gasteiger partial charge in [0.25, 0.3) is 0 Å². The van der Waals surface area contributed by atoms with E-state index < -0.39 is 0 Å². The second kappa shape index (κ2) is 8.72. The molecular weight excluding hydrogens is 488 g/mol. The molecule has 7 aromatic rings. The lowest BCUT2D eigenvalue weighted by Gasteiger charge is -2.16. The van der Waals surface area contributed by atoms with Crippen LogP contribution in [0.25, 0.3) is 64.0 Å². The summed E-state index contributed by atoms with van der Waals surface area (Å²) >= 11 is 1.59. The molecule has 0 fully saturated rings. The number of thiophene rings is 1. The van der Waals surface area contributed by atoms with Gasteiger partial charge in [-0.15, -0.1) is 11.3 Å². The maximum absolute atomic E-state index is 12.3. The molecule has 7 rings (SSSR count). The van der Waals surface area contributed by atoms with Gasteiger partial charge in [-0.3, -0.25) is 4.79 Å². The van der Waals surface area contributed by atoms with Gasteiger partial charge >= 0.3 is 5.97 Å². The van der Waals surface area contributed by atoms with Crippen LogP contribution in [0.4, 0.5) is 0 Å². The summed E-state index contributed by atoms with van der Waals surface area (Å²) in [6, 6.07) is 36.5. The molecule has 0 saturated heterocycles. The highest BCUT2D eigenvalue weighted by atomic mass is 32.1. The first-order valence-corrected chi connectivity index (χ1v) is 13.3. The molecule has 4 heteroatoms. The van der Waals surface area contributed by atoms with E-state index in [1.54, 1.807) is 11.3 Å². The Morgan fingerprint density at radius 2 is 0.947 bits per heavy atom. The van der Waals surface area contributed by atoms with Crippen LogP contribution in [0.3, 0.4) is 0 Å². The fourth-order valence-corrected chi connectivity index (χ4v) is 6.70. The number of carbonyl (C=O) groups is 1. The number of rotatable bonds is 3. The first-order valence-electron chi connectivity index (χ1n) is 12.5. The van der Waals surface area contributed by atoms with Gasteiger partial charge in [-0.25, -0.2) is 0 Å². The van der Waals surface area contributed by atoms with Gasteiger partial charge in [-0.2, -0.15) is 0 Å². The van der Waals surface area contributed by atoms with Crippen LogP contribution in [0, 0.1) is 0 Å². The van der Waals surface area contributed by atoms with Crippen molar-refractivity contribution in [1.82, 2.24) is 0 Å². The minimum atomic E-state index is -0.360. The zero-order valence-electron chi connectivity index (χ0n) is 20.6. The molecule has 0 atom stereocenters. The molecule has 0 radical (unpaired) electrons. The van der Waals surface area contributed by atoms with Crippen molar-refractivity contribution in [3.05, 3.63) is 109 Å². The number of ether oxygens (including phenoxy) is 1. The predicted molar refractivity (Wildman–Crippen MR) is 158 cm³/mol. The number of fused-ring (bicyclic) bond motifs is 6. The van der Waals surface area contributed by atoms with E-state index in [4.69, 9.17) is 4.74 Å². The maximum atomic E-state index is 12.3. The van der Waals surface area contributed by atoms with Crippen molar-refractivity contribution in [2.45, 2.75) is 6.92 Å². The van der Waals surface area contributed by atoms with Gasteiger partial charge in [0.15, 0.2) is 0 Å². The highest BCUT2D eigenvalue weighted by Gasteiger charge is 2.22. The Kier molecular flexibility index (Phi) is 5.17. The molecule has 0 aliphatic rings. The summed E-state index contributed by atoms with van der Waals surface area (Å²) < 4.78 is 5.91. The normalized spacial score (nSPS) is 11.5. The quantitative estimate of drug-likeness (QED) is 0.146. The van der Waals surface area contributed by atoms with Crippen molar-refractivity contribution < 1.29 is 14.6 Å². The van der Waals surface area contributed by atoms with E-state index in [2.05, 4.69) is 42.5 Å². The molecule has 0 amide bonds. The first kappa shape index (κ1) is 22.5. The second-order valence-corrected chi connectivity index (χ2v) is 10.5. The van der Waals surface area contributed by atoms with Gasteiger partial charge in [-0.05, 0) is 44.5 Å². The maximum Gasteiger partial charge on any atom is 0.308 e. The molecule has 38 heavy (non-hydrogen) atoms. The number of hydrogen-bond acceptors (Lipinski definition) is 4. The van der Waals surface area contributed by atoms with Crippen LogP contribution in [0.2, 0.25) is 0 Å². The molecule has 6 aromatic carbocycles. The Bertz CT molecular complexity index is 2050. The summed E-state index contributed by atoms with van der Waals surface area (Å²) in [4.78, 5) is 14.2. The topological polar surface area (TPSA) is 46.5 Å². The van der Waals surface area contributed by atoms with Crippen LogP contribution in [-0.4, -0.2) is 11.1 Å². The molecule has 1 aromatic heterocycles. The zero-order chi connectivity index (χ0) is 25.8. The van der Waals surface area contributed by atoms with E-state index in [0.717, 1.165) is 64.0 Å². The Labute approximate surface area is 223 Å². The molecule has 0 aliphatic heterocycles. The molecule has 182 valence electrons. The van der Waals surface area contributed by atoms with E-state index in [9.17, 15) is 9.90 Å². The van der Waals surface area contributed by atoms with Gasteiger partial charge in [-0.1, -0.05) is 97.1 Å². The van der Waals surface area contributed by atoms with Gasteiger partial charge in [0.2, 0.25) is 0 Å². The zero-order valence-corrected chi connectivity index (χ0v) is 21.4. The van der Waals surface area contributed by atoms with Crippen LogP contribution in [0.5, 0.6) is 11.5 Å². The van der Waals surface area contributed by atoms with Crippen molar-refractivity contribution in [3.8, 4) is 32.4 Å². The third-order valence-corrected chi connectivity index (χ3v) is 8.26. The lowest BCUT2D eigenvalue weighted by atomic mass is 9.94. The summed E-state index contributed by atoms with van der Waals surface area (Å²) in [5, 5.41) is 19.5. The Morgan fingerprint density at radius 3 is 1.50 bits per heavy atom. The lowest BCUT2D eigenvalue weighted by Crippen LogP contribution is -2.03. The summed E-state index contributed by atoms with van der Waals surface area (Å²) in [5.74, 6) is 0.478. The largest absolute Gasteiger partial charge is 0.507 e. The second-order valence-electron chi connectivity index (χ2n) is 9.37. The van der Waals surface area contributed by atoms with Crippen molar-refractivity contribution in [1.29, 1.82) is 0 Å². The number of esters is 1. The predicted octanol–water partition coefficient (Wildman–Crippen LogP) is 9.33. The number of aromatic hydroxyl groups is 1. The number of phenols is 1. The summed E-state index contributed by atoms with van der Waals surface area (Å²) in [5.41, 5.74) is 1.70. The highest BCUT2D eigenvalue weighted by molar-refractivity contribution is 7.19. The van der Waals surface area contributed by atoms with Crippen molar-refractivity contribution >= 4 is 60.4 Å². The average Bonchev–Trinajstić information content (AvgIpc) is 3.42. The molecule has 3 nitrogen and oxygen atoms in total. The van der Waals surface area contributed by atoms with Crippen LogP contribution in [-0.2, 0) is 4.79 Å². The molecule has 0 spiro atoms. The number of benzene rings is 6.